The number of carbonyl (C=O) groups is 1. The number of hydrogen-bond donors (Lipinski definition) is 0. The summed E-state index contributed by atoms with van der Waals surface area (Å²) in [5.41, 5.74) is 8.98. The molecule has 1 aromatic carbocycles. The van der Waals surface area contributed by atoms with Crippen LogP contribution in [0, 0.1) is 0 Å². The third-order valence-corrected chi connectivity index (χ3v) is 1.42. The second-order valence-electron chi connectivity index (χ2n) is 2.37. The molecular weight excluding hydrogens is 152 g/mol. The Hall–Kier alpha value is -1.73. The molecule has 1 rings (SSSR count). The standard InChI is InChI=1S/C9H8N2O/c10-11-7-9(12)6-8-4-2-1-3-5-8/h1-5,7H,6H2. The van der Waals surface area contributed by atoms with Crippen LogP contribution in [0.25, 0.3) is 5.53 Å². The van der Waals surface area contributed by atoms with Crippen LogP contribution in [0.3, 0.4) is 0 Å². The van der Waals surface area contributed by atoms with Gasteiger partial charge in [0.2, 0.25) is 5.78 Å². The Morgan fingerprint density at radius 3 is 2.67 bits per heavy atom. The van der Waals surface area contributed by atoms with Crippen LogP contribution >= 0.6 is 0 Å². The van der Waals surface area contributed by atoms with Crippen molar-refractivity contribution in [1.29, 1.82) is 0 Å². The Bertz CT molecular complexity index is 313. The van der Waals surface area contributed by atoms with Crippen LogP contribution < -0.4 is 0 Å². The molecule has 0 saturated heterocycles. The monoisotopic (exact) mass is 160 g/mol. The SMILES string of the molecule is [N-]=[N+]=CC(=O)Cc1ccccc1. The quantitative estimate of drug-likeness (QED) is 0.371. The number of carbonyl (C=O) groups excluding carboxylic acids is 1. The zero-order chi connectivity index (χ0) is 8.81. The van der Waals surface area contributed by atoms with Crippen molar-refractivity contribution in [3.8, 4) is 0 Å². The summed E-state index contributed by atoms with van der Waals surface area (Å²) in [4.78, 5) is 13.6. The Morgan fingerprint density at radius 1 is 1.42 bits per heavy atom. The number of ketones is 1. The molecule has 0 saturated carbocycles. The van der Waals surface area contributed by atoms with Gasteiger partial charge in [-0.2, -0.15) is 4.79 Å². The Kier molecular flexibility index (Phi) is 2.94. The Morgan fingerprint density at radius 2 is 2.08 bits per heavy atom. The lowest BCUT2D eigenvalue weighted by Crippen LogP contribution is -2.03. The first-order valence-electron chi connectivity index (χ1n) is 3.57. The number of Topliss-reactive ketones (excluding diaryl/α,β-unsaturated/α-hetero) is 1. The van der Waals surface area contributed by atoms with Gasteiger partial charge in [0.15, 0.2) is 0 Å². The van der Waals surface area contributed by atoms with Gasteiger partial charge >= 0.3 is 6.21 Å². The molecule has 3 heteroatoms. The van der Waals surface area contributed by atoms with E-state index >= 15 is 0 Å². The molecule has 0 radical (unpaired) electrons. The van der Waals surface area contributed by atoms with Crippen LogP contribution in [0.1, 0.15) is 5.56 Å². The molecule has 1 aromatic rings. The molecule has 0 spiro atoms. The zero-order valence-electron chi connectivity index (χ0n) is 6.47. The average molecular weight is 160 g/mol. The minimum absolute atomic E-state index is 0.205. The van der Waals surface area contributed by atoms with Crippen LogP contribution in [0.4, 0.5) is 0 Å². The molecule has 0 amide bonds. The lowest BCUT2D eigenvalue weighted by molar-refractivity contribution is -0.115. The van der Waals surface area contributed by atoms with Gasteiger partial charge in [0, 0.05) is 6.42 Å². The molecule has 0 aliphatic rings. The first kappa shape index (κ1) is 8.37. The molecule has 3 nitrogen and oxygen atoms in total. The Labute approximate surface area is 70.3 Å². The third kappa shape index (κ3) is 2.48. The highest BCUT2D eigenvalue weighted by Crippen LogP contribution is 1.98. The first-order valence-corrected chi connectivity index (χ1v) is 3.57. The molecule has 0 N–H and O–H groups in total. The van der Waals surface area contributed by atoms with E-state index in [1.165, 1.54) is 0 Å². The molecule has 0 fully saturated rings. The summed E-state index contributed by atoms with van der Waals surface area (Å²) in [5.74, 6) is -0.205. The predicted octanol–water partition coefficient (Wildman–Crippen LogP) is 1.10. The van der Waals surface area contributed by atoms with E-state index in [1.807, 2.05) is 30.3 Å². The van der Waals surface area contributed by atoms with Gasteiger partial charge in [0.25, 0.3) is 0 Å². The highest BCUT2D eigenvalue weighted by atomic mass is 16.1. The van der Waals surface area contributed by atoms with E-state index in [9.17, 15) is 4.79 Å². The summed E-state index contributed by atoms with van der Waals surface area (Å²) in [6, 6.07) is 9.30. The van der Waals surface area contributed by atoms with Gasteiger partial charge in [0.1, 0.15) is 0 Å². The minimum Gasteiger partial charge on any atom is -0.361 e. The van der Waals surface area contributed by atoms with Crippen molar-refractivity contribution in [2.75, 3.05) is 0 Å². The van der Waals surface area contributed by atoms with Gasteiger partial charge in [-0.25, -0.2) is 0 Å². The van der Waals surface area contributed by atoms with Gasteiger partial charge < -0.3 is 5.53 Å². The van der Waals surface area contributed by atoms with Crippen molar-refractivity contribution < 1.29 is 9.58 Å². The smallest absolute Gasteiger partial charge is 0.323 e. The Balaban J connectivity index is 2.64. The van der Waals surface area contributed by atoms with E-state index < -0.39 is 0 Å². The van der Waals surface area contributed by atoms with Crippen LogP contribution in [-0.4, -0.2) is 16.8 Å². The predicted molar refractivity (Wildman–Crippen MR) is 44.8 cm³/mol. The number of hydrogen-bond acceptors (Lipinski definition) is 1. The van der Waals surface area contributed by atoms with Gasteiger partial charge in [-0.15, -0.1) is 0 Å². The van der Waals surface area contributed by atoms with Crippen molar-refractivity contribution in [2.45, 2.75) is 6.42 Å². The summed E-state index contributed by atoms with van der Waals surface area (Å²) in [6.45, 7) is 0. The summed E-state index contributed by atoms with van der Waals surface area (Å²) in [5, 5.41) is 0. The van der Waals surface area contributed by atoms with Crippen LogP contribution in [-0.2, 0) is 11.2 Å². The molecule has 12 heavy (non-hydrogen) atoms. The molecule has 60 valence electrons. The van der Waals surface area contributed by atoms with Crippen LogP contribution in [0.5, 0.6) is 0 Å². The second kappa shape index (κ2) is 4.21. The maximum atomic E-state index is 10.9. The lowest BCUT2D eigenvalue weighted by Gasteiger charge is -1.92. The summed E-state index contributed by atoms with van der Waals surface area (Å²) in [7, 11) is 0. The molecule has 0 aliphatic heterocycles. The normalized spacial score (nSPS) is 8.67. The lowest BCUT2D eigenvalue weighted by atomic mass is 10.1. The van der Waals surface area contributed by atoms with Crippen molar-refractivity contribution >= 4 is 12.0 Å². The molecule has 0 aromatic heterocycles. The van der Waals surface area contributed by atoms with E-state index in [0.29, 0.717) is 0 Å². The van der Waals surface area contributed by atoms with Gasteiger partial charge in [-0.1, -0.05) is 30.3 Å². The third-order valence-electron chi connectivity index (χ3n) is 1.42. The fourth-order valence-electron chi connectivity index (χ4n) is 0.907. The van der Waals surface area contributed by atoms with Crippen molar-refractivity contribution in [3.63, 3.8) is 0 Å². The largest absolute Gasteiger partial charge is 0.361 e. The van der Waals surface area contributed by atoms with Gasteiger partial charge in [-0.3, -0.25) is 4.79 Å². The van der Waals surface area contributed by atoms with Gasteiger partial charge in [-0.05, 0) is 5.56 Å². The molecule has 0 aliphatic carbocycles. The first-order chi connectivity index (χ1) is 5.83. The number of nitrogens with zero attached hydrogens (tertiary/aromatic N) is 2. The van der Waals surface area contributed by atoms with E-state index in [-0.39, 0.29) is 12.2 Å². The molecule has 0 unspecified atom stereocenters. The van der Waals surface area contributed by atoms with Crippen molar-refractivity contribution in [3.05, 3.63) is 41.4 Å². The van der Waals surface area contributed by atoms with E-state index in [1.54, 1.807) is 0 Å². The van der Waals surface area contributed by atoms with Crippen molar-refractivity contribution in [1.82, 2.24) is 0 Å². The van der Waals surface area contributed by atoms with E-state index in [4.69, 9.17) is 5.53 Å². The van der Waals surface area contributed by atoms with Gasteiger partial charge in [0.05, 0.1) is 0 Å². The maximum Gasteiger partial charge on any atom is 0.323 e. The fourth-order valence-corrected chi connectivity index (χ4v) is 0.907. The molecule has 0 heterocycles. The fraction of sp³-hybridized carbons (Fsp3) is 0.111. The maximum absolute atomic E-state index is 10.9. The molecular formula is C9H8N2O. The topological polar surface area (TPSA) is 53.5 Å². The van der Waals surface area contributed by atoms with Crippen molar-refractivity contribution in [2.24, 2.45) is 0 Å². The highest BCUT2D eigenvalue weighted by molar-refractivity contribution is 6.25. The summed E-state index contributed by atoms with van der Waals surface area (Å²) in [6.07, 6.45) is 1.19. The van der Waals surface area contributed by atoms with Crippen LogP contribution in [0.15, 0.2) is 30.3 Å². The van der Waals surface area contributed by atoms with Crippen LogP contribution in [0.2, 0.25) is 0 Å². The molecule has 0 atom stereocenters. The van der Waals surface area contributed by atoms with E-state index in [2.05, 4.69) is 4.79 Å². The average Bonchev–Trinajstić information content (AvgIpc) is 2.06. The number of rotatable bonds is 3. The minimum atomic E-state index is -0.205. The van der Waals surface area contributed by atoms with E-state index in [0.717, 1.165) is 11.8 Å². The highest BCUT2D eigenvalue weighted by Gasteiger charge is 2.02. The zero-order valence-corrected chi connectivity index (χ0v) is 6.47. The number of benzene rings is 1. The summed E-state index contributed by atoms with van der Waals surface area (Å²) < 4.78 is 0. The molecule has 0 bridgehead atoms. The second-order valence-corrected chi connectivity index (χ2v) is 2.37. The summed E-state index contributed by atoms with van der Waals surface area (Å²) >= 11 is 0.